The molecule has 0 aliphatic rings. The Kier molecular flexibility index (Phi) is 6400. The molecule has 0 amide bonds. The van der Waals surface area contributed by atoms with E-state index in [2.05, 4.69) is 0 Å². The molecule has 0 fully saturated rings. The van der Waals surface area contributed by atoms with Crippen LogP contribution >= 0.6 is 0 Å². The Morgan fingerprint density at radius 2 is 0.333 bits per heavy atom. The van der Waals surface area contributed by atoms with E-state index >= 15 is 0 Å². The van der Waals surface area contributed by atoms with Crippen LogP contribution in [0.1, 0.15) is 0 Å². The summed E-state index contributed by atoms with van der Waals surface area (Å²) in [4.78, 5) is 0. The Bertz CT molecular complexity index is 3.90. The molecule has 0 rings (SSSR count). The minimum absolute atomic E-state index is 0. The van der Waals surface area contributed by atoms with Gasteiger partial charge < -0.3 is 27.4 Å². The number of hydrogen-bond donors (Lipinski definition) is 0. The molecule has 0 aliphatic carbocycles. The van der Waals surface area contributed by atoms with Crippen molar-refractivity contribution in [3.8, 4) is 0 Å². The van der Waals surface area contributed by atoms with E-state index in [4.69, 9.17) is 0 Å². The van der Waals surface area contributed by atoms with E-state index in [9.17, 15) is 0 Å². The summed E-state index contributed by atoms with van der Waals surface area (Å²) >= 11 is 0. The van der Waals surface area contributed by atoms with E-state index < -0.39 is 0 Å². The quantitative estimate of drug-likeness (QED) is 0.395. The van der Waals surface area contributed by atoms with Gasteiger partial charge in [0.15, 0.2) is 0 Å². The Hall–Kier alpha value is 0.995. The smallest absolute Gasteiger partial charge is 0.412 e. The summed E-state index contributed by atoms with van der Waals surface area (Å²) in [5.41, 5.74) is 0. The fourth-order valence-electron chi connectivity index (χ4n) is 0. The topological polar surface area (TPSA) is 158 Å². The molecule has 5 nitrogen and oxygen atoms in total. The maximum absolute atomic E-state index is 0. The molecule has 40 valence electrons. The van der Waals surface area contributed by atoms with Gasteiger partial charge in [0.1, 0.15) is 0 Å². The zero-order valence-electron chi connectivity index (χ0n) is 3.08. The predicted molar refractivity (Wildman–Crippen MR) is 18.1 cm³/mol. The Morgan fingerprint density at radius 1 is 0.333 bits per heavy atom. The number of rotatable bonds is 0. The van der Waals surface area contributed by atoms with Crippen molar-refractivity contribution in [2.75, 3.05) is 0 Å². The first kappa shape index (κ1) is 254. The molecule has 0 aromatic carbocycles. The fraction of sp³-hybridized carbons (Fsp3) is 0. The van der Waals surface area contributed by atoms with Crippen LogP contribution in [0, 0.1) is 35.6 Å². The summed E-state index contributed by atoms with van der Waals surface area (Å²) in [6.07, 6.45) is 0. The van der Waals surface area contributed by atoms with Gasteiger partial charge in [-0.25, -0.2) is 0 Å². The third kappa shape index (κ3) is 80.5. The van der Waals surface area contributed by atoms with E-state index in [1.54, 1.807) is 0 Å². The zero-order valence-corrected chi connectivity index (χ0v) is 6.70. The summed E-state index contributed by atoms with van der Waals surface area (Å²) in [6.45, 7) is 0. The second kappa shape index (κ2) is 151. The van der Waals surface area contributed by atoms with E-state index in [1.807, 2.05) is 0 Å². The van der Waals surface area contributed by atoms with E-state index in [-0.39, 0.29) is 63.0 Å². The minimum Gasteiger partial charge on any atom is -0.412 e. The summed E-state index contributed by atoms with van der Waals surface area (Å²) in [5, 5.41) is 0. The van der Waals surface area contributed by atoms with Crippen molar-refractivity contribution in [1.29, 1.82) is 0 Å². The molecule has 0 radical (unpaired) electrons. The third-order valence-corrected chi connectivity index (χ3v) is 0. The maximum Gasteiger partial charge on any atom is 3.00 e. The molecule has 0 aromatic rings. The van der Waals surface area contributed by atoms with Gasteiger partial charge in [-0.15, -0.1) is 0 Å². The van der Waals surface area contributed by atoms with E-state index in [0.29, 0.717) is 0 Å². The summed E-state index contributed by atoms with van der Waals surface area (Å²) in [7, 11) is 0. The van der Waals surface area contributed by atoms with Crippen molar-refractivity contribution in [2.45, 2.75) is 0 Å². The van der Waals surface area contributed by atoms with Gasteiger partial charge in [-0.05, 0) is 0 Å². The van der Waals surface area contributed by atoms with Crippen molar-refractivity contribution in [1.82, 2.24) is 0 Å². The van der Waals surface area contributed by atoms with Crippen LogP contribution in [0.3, 0.4) is 0 Å². The van der Waals surface area contributed by atoms with Gasteiger partial charge in [-0.2, -0.15) is 0 Å². The molecule has 10 N–H and O–H groups in total. The van der Waals surface area contributed by atoms with Crippen LogP contribution in [0.15, 0.2) is 0 Å². The average Bonchev–Trinajstić information content (AvgIpc) is 0. The Labute approximate surface area is 62.9 Å². The van der Waals surface area contributed by atoms with Gasteiger partial charge in [0.25, 0.3) is 0 Å². The van der Waals surface area contributed by atoms with Crippen molar-refractivity contribution < 1.29 is 63.0 Å². The Morgan fingerprint density at radius 3 is 0.333 bits per heavy atom. The van der Waals surface area contributed by atoms with Gasteiger partial charge in [-0.1, -0.05) is 0 Å². The second-order valence-electron chi connectivity index (χ2n) is 0. The summed E-state index contributed by atoms with van der Waals surface area (Å²) in [6, 6.07) is 0. The third-order valence-electron chi connectivity index (χ3n) is 0. The molecule has 0 bridgehead atoms. The molecule has 0 aliphatic heterocycles. The molecule has 6 heavy (non-hydrogen) atoms. The van der Waals surface area contributed by atoms with Crippen molar-refractivity contribution >= 4 is 0 Å². The first-order valence-corrected chi connectivity index (χ1v) is 0. The van der Waals surface area contributed by atoms with Crippen molar-refractivity contribution in [2.24, 2.45) is 0 Å². The van der Waals surface area contributed by atoms with Crippen LogP contribution in [-0.2, 0) is 0 Å². The predicted octanol–water partition coefficient (Wildman–Crippen LogP) is -4.12. The average molecular weight is 229 g/mol. The van der Waals surface area contributed by atoms with Gasteiger partial charge in [0, 0.05) is 0 Å². The molecule has 0 spiro atoms. The van der Waals surface area contributed by atoms with Crippen molar-refractivity contribution in [3.05, 3.63) is 0 Å². The first-order valence-electron chi connectivity index (χ1n) is 0. The second-order valence-corrected chi connectivity index (χ2v) is 0. The normalized spacial score (nSPS) is 0. The van der Waals surface area contributed by atoms with Crippen LogP contribution in [0.2, 0.25) is 0 Å². The van der Waals surface area contributed by atoms with Crippen molar-refractivity contribution in [3.63, 3.8) is 0 Å². The summed E-state index contributed by atoms with van der Waals surface area (Å²) in [5.74, 6) is 0. The number of hydrogen-bond acceptors (Lipinski definition) is 0. The standard InChI is InChI=1S/La.5H2O/h;5*1H2/q+3;;;;;. The van der Waals surface area contributed by atoms with Gasteiger partial charge in [0.2, 0.25) is 0 Å². The molecular weight excluding hydrogens is 219 g/mol. The minimum atomic E-state index is 0. The van der Waals surface area contributed by atoms with Crippen LogP contribution in [0.4, 0.5) is 0 Å². The molecule has 6 heteroatoms. The molecule has 0 saturated carbocycles. The largest absolute Gasteiger partial charge is 3.00 e. The zero-order chi connectivity index (χ0) is 0. The molecular formula is H10LaO5+3. The summed E-state index contributed by atoms with van der Waals surface area (Å²) < 4.78 is 0. The Balaban J connectivity index is 0. The van der Waals surface area contributed by atoms with Crippen LogP contribution in [-0.4, -0.2) is 27.4 Å². The fourth-order valence-corrected chi connectivity index (χ4v) is 0. The maximum atomic E-state index is 0. The van der Waals surface area contributed by atoms with Gasteiger partial charge in [-0.3, -0.25) is 0 Å². The van der Waals surface area contributed by atoms with Gasteiger partial charge in [0.05, 0.1) is 0 Å². The van der Waals surface area contributed by atoms with Crippen LogP contribution in [0.25, 0.3) is 0 Å². The van der Waals surface area contributed by atoms with E-state index in [0.717, 1.165) is 0 Å². The van der Waals surface area contributed by atoms with Gasteiger partial charge >= 0.3 is 35.6 Å². The molecule has 0 saturated heterocycles. The molecule has 0 heterocycles. The van der Waals surface area contributed by atoms with E-state index in [1.165, 1.54) is 0 Å². The monoisotopic (exact) mass is 229 g/mol. The molecule has 0 unspecified atom stereocenters. The SMILES string of the molecule is O.O.O.O.O.[La+3]. The first-order chi connectivity index (χ1) is 0. The van der Waals surface area contributed by atoms with Crippen LogP contribution in [0.5, 0.6) is 0 Å². The van der Waals surface area contributed by atoms with Crippen LogP contribution < -0.4 is 0 Å². The molecule has 0 atom stereocenters. The molecule has 0 aromatic heterocycles.